The van der Waals surface area contributed by atoms with Crippen molar-refractivity contribution in [2.24, 2.45) is 0 Å². The minimum atomic E-state index is -0.498. The first-order chi connectivity index (χ1) is 13.9. The lowest BCUT2D eigenvalue weighted by molar-refractivity contribution is -0.113. The molecule has 2 amide bonds. The summed E-state index contributed by atoms with van der Waals surface area (Å²) in [6, 6.07) is 13.8. The molecule has 9 heteroatoms. The van der Waals surface area contributed by atoms with Crippen molar-refractivity contribution in [2.45, 2.75) is 11.9 Å². The highest BCUT2D eigenvalue weighted by Gasteiger charge is 2.10. The zero-order valence-electron chi connectivity index (χ0n) is 15.3. The fourth-order valence-electron chi connectivity index (χ4n) is 2.35. The second kappa shape index (κ2) is 9.49. The van der Waals surface area contributed by atoms with Crippen molar-refractivity contribution < 1.29 is 14.0 Å². The van der Waals surface area contributed by atoms with Crippen LogP contribution in [-0.4, -0.2) is 27.8 Å². The molecular weight excluding hydrogens is 415 g/mol. The van der Waals surface area contributed by atoms with Crippen LogP contribution >= 0.6 is 23.4 Å². The van der Waals surface area contributed by atoms with Crippen molar-refractivity contribution in [3.05, 3.63) is 76.6 Å². The van der Waals surface area contributed by atoms with E-state index in [1.54, 1.807) is 30.3 Å². The van der Waals surface area contributed by atoms with Crippen LogP contribution in [0.1, 0.15) is 15.9 Å². The second-order valence-electron chi connectivity index (χ2n) is 5.97. The summed E-state index contributed by atoms with van der Waals surface area (Å²) in [5.41, 5.74) is 1.63. The molecule has 0 saturated carbocycles. The monoisotopic (exact) mass is 430 g/mol. The van der Waals surface area contributed by atoms with Crippen LogP contribution in [0.5, 0.6) is 0 Å². The van der Waals surface area contributed by atoms with Crippen molar-refractivity contribution >= 4 is 46.7 Å². The number of benzene rings is 2. The van der Waals surface area contributed by atoms with E-state index in [0.29, 0.717) is 15.7 Å². The van der Waals surface area contributed by atoms with Crippen LogP contribution in [0.4, 0.5) is 15.9 Å². The molecule has 6 nitrogen and oxygen atoms in total. The Morgan fingerprint density at radius 2 is 1.86 bits per heavy atom. The van der Waals surface area contributed by atoms with Gasteiger partial charge in [-0.2, -0.15) is 0 Å². The smallest absolute Gasteiger partial charge is 0.256 e. The van der Waals surface area contributed by atoms with E-state index in [1.807, 2.05) is 6.92 Å². The number of hydrogen-bond acceptors (Lipinski definition) is 5. The minimum absolute atomic E-state index is 0.135. The van der Waals surface area contributed by atoms with Crippen molar-refractivity contribution in [1.29, 1.82) is 0 Å². The largest absolute Gasteiger partial charge is 0.325 e. The third-order valence-corrected chi connectivity index (χ3v) is 5.19. The Hall–Kier alpha value is -2.97. The minimum Gasteiger partial charge on any atom is -0.325 e. The van der Waals surface area contributed by atoms with Gasteiger partial charge in [0.05, 0.1) is 5.75 Å². The summed E-state index contributed by atoms with van der Waals surface area (Å²) >= 11 is 7.25. The third kappa shape index (κ3) is 5.75. The van der Waals surface area contributed by atoms with Gasteiger partial charge in [0.1, 0.15) is 10.8 Å². The Kier molecular flexibility index (Phi) is 6.79. The number of nitrogens with one attached hydrogen (secondary N) is 2. The van der Waals surface area contributed by atoms with Gasteiger partial charge in [-0.1, -0.05) is 35.5 Å². The molecule has 2 N–H and O–H groups in total. The molecule has 0 spiro atoms. The number of nitrogens with zero attached hydrogens (tertiary/aromatic N) is 2. The van der Waals surface area contributed by atoms with E-state index >= 15 is 0 Å². The number of rotatable bonds is 6. The lowest BCUT2D eigenvalue weighted by Gasteiger charge is -2.09. The van der Waals surface area contributed by atoms with Gasteiger partial charge in [-0.15, -0.1) is 10.2 Å². The third-order valence-electron chi connectivity index (χ3n) is 3.86. The molecule has 0 bridgehead atoms. The van der Waals surface area contributed by atoms with Gasteiger partial charge in [0.2, 0.25) is 5.91 Å². The number of amides is 2. The lowest BCUT2D eigenvalue weighted by Crippen LogP contribution is -2.15. The van der Waals surface area contributed by atoms with Gasteiger partial charge >= 0.3 is 0 Å². The average molecular weight is 431 g/mol. The van der Waals surface area contributed by atoms with Crippen LogP contribution in [0.2, 0.25) is 5.02 Å². The van der Waals surface area contributed by atoms with Gasteiger partial charge in [0.25, 0.3) is 5.91 Å². The lowest BCUT2D eigenvalue weighted by atomic mass is 10.2. The molecule has 0 saturated heterocycles. The van der Waals surface area contributed by atoms with Crippen LogP contribution in [0, 0.1) is 12.7 Å². The molecule has 0 unspecified atom stereocenters. The predicted molar refractivity (Wildman–Crippen MR) is 112 cm³/mol. The number of halogens is 2. The molecule has 148 valence electrons. The number of hydrogen-bond donors (Lipinski definition) is 2. The van der Waals surface area contributed by atoms with Crippen LogP contribution in [0.15, 0.2) is 59.6 Å². The summed E-state index contributed by atoms with van der Waals surface area (Å²) in [5.74, 6) is -0.833. The second-order valence-corrected chi connectivity index (χ2v) is 7.37. The van der Waals surface area contributed by atoms with Crippen LogP contribution in [-0.2, 0) is 4.79 Å². The molecule has 29 heavy (non-hydrogen) atoms. The maximum atomic E-state index is 13.2. The van der Waals surface area contributed by atoms with E-state index in [4.69, 9.17) is 11.6 Å². The van der Waals surface area contributed by atoms with Gasteiger partial charge in [-0.05, 0) is 55.0 Å². The molecule has 1 aromatic heterocycles. The van der Waals surface area contributed by atoms with E-state index in [2.05, 4.69) is 20.8 Å². The highest BCUT2D eigenvalue weighted by atomic mass is 35.5. The molecule has 0 radical (unpaired) electrons. The topological polar surface area (TPSA) is 84.0 Å². The molecule has 0 aliphatic rings. The summed E-state index contributed by atoms with van der Waals surface area (Å²) in [4.78, 5) is 24.2. The quantitative estimate of drug-likeness (QED) is 0.560. The van der Waals surface area contributed by atoms with Crippen molar-refractivity contribution in [3.63, 3.8) is 0 Å². The van der Waals surface area contributed by atoms with Gasteiger partial charge in [-0.25, -0.2) is 4.39 Å². The fraction of sp³-hybridized carbons (Fsp3) is 0.100. The molecule has 3 rings (SSSR count). The highest BCUT2D eigenvalue weighted by Crippen LogP contribution is 2.23. The Balaban J connectivity index is 1.53. The maximum absolute atomic E-state index is 13.2. The molecule has 0 fully saturated rings. The molecule has 2 aromatic carbocycles. The molecule has 1 heterocycles. The summed E-state index contributed by atoms with van der Waals surface area (Å²) in [5, 5.41) is 14.3. The number of anilines is 2. The van der Waals surface area contributed by atoms with Crippen LogP contribution in [0.3, 0.4) is 0 Å². The molecule has 0 atom stereocenters. The summed E-state index contributed by atoms with van der Waals surface area (Å²) in [7, 11) is 0. The van der Waals surface area contributed by atoms with E-state index in [0.717, 1.165) is 11.6 Å². The SMILES string of the molecule is Cc1c(Cl)cccc1NC(=O)CSc1ccc(NC(=O)c2cccc(F)c2)nn1. The normalized spacial score (nSPS) is 10.4. The maximum Gasteiger partial charge on any atom is 0.256 e. The van der Waals surface area contributed by atoms with Crippen LogP contribution in [0.25, 0.3) is 0 Å². The average Bonchev–Trinajstić information content (AvgIpc) is 2.71. The molecule has 0 aliphatic carbocycles. The zero-order chi connectivity index (χ0) is 20.8. The number of carbonyl (C=O) groups is 2. The standard InChI is InChI=1S/C20H16ClFN4O2S/c1-12-15(21)6-3-7-16(12)23-18(27)11-29-19-9-8-17(25-26-19)24-20(28)13-4-2-5-14(22)10-13/h2-10H,11H2,1H3,(H,23,27)(H,24,25,28). The van der Waals surface area contributed by atoms with Crippen LogP contribution < -0.4 is 10.6 Å². The van der Waals surface area contributed by atoms with E-state index < -0.39 is 11.7 Å². The van der Waals surface area contributed by atoms with Gasteiger partial charge in [0.15, 0.2) is 5.82 Å². The van der Waals surface area contributed by atoms with Crippen molar-refractivity contribution in [2.75, 3.05) is 16.4 Å². The van der Waals surface area contributed by atoms with Gasteiger partial charge in [-0.3, -0.25) is 9.59 Å². The molecular formula is C20H16ClFN4O2S. The fourth-order valence-corrected chi connectivity index (χ4v) is 3.14. The summed E-state index contributed by atoms with van der Waals surface area (Å²) < 4.78 is 13.2. The first-order valence-electron chi connectivity index (χ1n) is 8.51. The number of carbonyl (C=O) groups excluding carboxylic acids is 2. The van der Waals surface area contributed by atoms with Crippen molar-refractivity contribution in [1.82, 2.24) is 10.2 Å². The molecule has 3 aromatic rings. The first kappa shape index (κ1) is 20.8. The van der Waals surface area contributed by atoms with E-state index in [1.165, 1.54) is 30.0 Å². The van der Waals surface area contributed by atoms with Gasteiger partial charge < -0.3 is 10.6 Å². The highest BCUT2D eigenvalue weighted by molar-refractivity contribution is 7.99. The van der Waals surface area contributed by atoms with Gasteiger partial charge in [0, 0.05) is 16.3 Å². The summed E-state index contributed by atoms with van der Waals surface area (Å²) in [6.07, 6.45) is 0. The van der Waals surface area contributed by atoms with Crippen molar-refractivity contribution in [3.8, 4) is 0 Å². The van der Waals surface area contributed by atoms with E-state index in [9.17, 15) is 14.0 Å². The zero-order valence-corrected chi connectivity index (χ0v) is 16.9. The number of thioether (sulfide) groups is 1. The Morgan fingerprint density at radius 1 is 1.07 bits per heavy atom. The number of aromatic nitrogens is 2. The van der Waals surface area contributed by atoms with E-state index in [-0.39, 0.29) is 23.0 Å². The Morgan fingerprint density at radius 3 is 2.59 bits per heavy atom. The summed E-state index contributed by atoms with van der Waals surface area (Å²) in [6.45, 7) is 1.83. The predicted octanol–water partition coefficient (Wildman–Crippen LogP) is 4.56. The Bertz CT molecular complexity index is 1050. The Labute approximate surface area is 175 Å². The first-order valence-corrected chi connectivity index (χ1v) is 9.87. The molecule has 0 aliphatic heterocycles.